The fraction of sp³-hybridized carbons (Fsp3) is 0.368. The molecule has 0 atom stereocenters. The lowest BCUT2D eigenvalue weighted by atomic mass is 9.96. The van der Waals surface area contributed by atoms with Crippen molar-refractivity contribution in [1.29, 1.82) is 0 Å². The first-order chi connectivity index (χ1) is 11.7. The lowest BCUT2D eigenvalue weighted by molar-refractivity contribution is -0.122. The molecule has 0 spiro atoms. The topological polar surface area (TPSA) is 67.4 Å². The summed E-state index contributed by atoms with van der Waals surface area (Å²) in [5, 5.41) is 7.33. The molecule has 126 valence electrons. The summed E-state index contributed by atoms with van der Waals surface area (Å²) in [6.45, 7) is -0.184. The van der Waals surface area contributed by atoms with E-state index in [0.29, 0.717) is 5.75 Å². The fourth-order valence-corrected chi connectivity index (χ4v) is 3.04. The highest BCUT2D eigenvalue weighted by molar-refractivity contribution is 5.95. The van der Waals surface area contributed by atoms with Gasteiger partial charge in [0.2, 0.25) is 0 Å². The molecule has 0 aliphatic heterocycles. The van der Waals surface area contributed by atoms with E-state index in [1.807, 2.05) is 42.5 Å². The molecule has 1 aliphatic carbocycles. The van der Waals surface area contributed by atoms with Crippen molar-refractivity contribution in [3.8, 4) is 5.75 Å². The van der Waals surface area contributed by atoms with Crippen LogP contribution in [-0.2, 0) is 4.79 Å². The molecular weight excluding hydrogens is 304 g/mol. The third-order valence-electron chi connectivity index (χ3n) is 4.28. The summed E-state index contributed by atoms with van der Waals surface area (Å²) in [5.41, 5.74) is 0. The van der Waals surface area contributed by atoms with Crippen LogP contribution in [-0.4, -0.2) is 24.6 Å². The van der Waals surface area contributed by atoms with E-state index in [2.05, 4.69) is 10.6 Å². The van der Waals surface area contributed by atoms with Crippen LogP contribution in [0.25, 0.3) is 10.8 Å². The summed E-state index contributed by atoms with van der Waals surface area (Å²) in [4.78, 5) is 23.6. The second kappa shape index (κ2) is 7.81. The first-order valence-electron chi connectivity index (χ1n) is 8.43. The van der Waals surface area contributed by atoms with Gasteiger partial charge in [-0.3, -0.25) is 10.1 Å². The first-order valence-corrected chi connectivity index (χ1v) is 8.43. The molecule has 0 bridgehead atoms. The monoisotopic (exact) mass is 326 g/mol. The molecule has 5 nitrogen and oxygen atoms in total. The molecule has 5 heteroatoms. The lowest BCUT2D eigenvalue weighted by Crippen LogP contribution is -2.46. The van der Waals surface area contributed by atoms with Gasteiger partial charge in [-0.05, 0) is 35.7 Å². The van der Waals surface area contributed by atoms with Gasteiger partial charge in [0.05, 0.1) is 0 Å². The zero-order chi connectivity index (χ0) is 16.8. The zero-order valence-corrected chi connectivity index (χ0v) is 13.6. The molecule has 0 aromatic heterocycles. The summed E-state index contributed by atoms with van der Waals surface area (Å²) in [5.74, 6) is 0.160. The molecule has 1 saturated carbocycles. The maximum Gasteiger partial charge on any atom is 0.321 e. The predicted molar refractivity (Wildman–Crippen MR) is 93.0 cm³/mol. The Morgan fingerprint density at radius 1 is 1.00 bits per heavy atom. The maximum atomic E-state index is 11.8. The van der Waals surface area contributed by atoms with Crippen molar-refractivity contribution in [1.82, 2.24) is 10.6 Å². The summed E-state index contributed by atoms with van der Waals surface area (Å²) in [7, 11) is 0. The summed E-state index contributed by atoms with van der Waals surface area (Å²) < 4.78 is 5.47. The van der Waals surface area contributed by atoms with Crippen LogP contribution in [0.15, 0.2) is 42.5 Å². The Morgan fingerprint density at radius 2 is 1.75 bits per heavy atom. The lowest BCUT2D eigenvalue weighted by Gasteiger charge is -2.22. The number of imide groups is 1. The van der Waals surface area contributed by atoms with E-state index < -0.39 is 11.9 Å². The van der Waals surface area contributed by atoms with Crippen LogP contribution < -0.4 is 15.4 Å². The number of hydrogen-bond donors (Lipinski definition) is 2. The van der Waals surface area contributed by atoms with E-state index in [1.54, 1.807) is 0 Å². The van der Waals surface area contributed by atoms with Crippen LogP contribution in [0.4, 0.5) is 4.79 Å². The Labute approximate surface area is 141 Å². The third-order valence-corrected chi connectivity index (χ3v) is 4.28. The second-order valence-corrected chi connectivity index (χ2v) is 6.15. The molecule has 2 aromatic carbocycles. The van der Waals surface area contributed by atoms with Gasteiger partial charge in [-0.2, -0.15) is 0 Å². The largest absolute Gasteiger partial charge is 0.484 e. The van der Waals surface area contributed by atoms with Crippen molar-refractivity contribution in [3.05, 3.63) is 42.5 Å². The number of amides is 3. The van der Waals surface area contributed by atoms with Crippen LogP contribution in [0.2, 0.25) is 0 Å². The van der Waals surface area contributed by atoms with Gasteiger partial charge in [0.25, 0.3) is 5.91 Å². The standard InChI is InChI=1S/C19H22N2O3/c22-18(21-19(23)20-16-8-2-1-3-9-16)13-24-17-11-10-14-6-4-5-7-15(14)12-17/h4-7,10-12,16H,1-3,8-9,13H2,(H2,20,21,22,23). The highest BCUT2D eigenvalue weighted by Crippen LogP contribution is 2.20. The number of benzene rings is 2. The number of fused-ring (bicyclic) bond motifs is 1. The van der Waals surface area contributed by atoms with Crippen LogP contribution in [0.3, 0.4) is 0 Å². The number of nitrogens with one attached hydrogen (secondary N) is 2. The average Bonchev–Trinajstić information content (AvgIpc) is 2.60. The van der Waals surface area contributed by atoms with Crippen molar-refractivity contribution in [2.75, 3.05) is 6.61 Å². The second-order valence-electron chi connectivity index (χ2n) is 6.15. The van der Waals surface area contributed by atoms with Crippen LogP contribution in [0.5, 0.6) is 5.75 Å². The van der Waals surface area contributed by atoms with Gasteiger partial charge in [-0.1, -0.05) is 49.6 Å². The molecule has 3 rings (SSSR count). The Balaban J connectivity index is 1.46. The molecule has 2 aromatic rings. The molecule has 24 heavy (non-hydrogen) atoms. The number of urea groups is 1. The smallest absolute Gasteiger partial charge is 0.321 e. The average molecular weight is 326 g/mol. The molecule has 0 unspecified atom stereocenters. The fourth-order valence-electron chi connectivity index (χ4n) is 3.04. The van der Waals surface area contributed by atoms with Gasteiger partial charge in [0.1, 0.15) is 5.75 Å². The molecule has 0 radical (unpaired) electrons. The zero-order valence-electron chi connectivity index (χ0n) is 13.6. The maximum absolute atomic E-state index is 11.8. The molecule has 0 heterocycles. The molecule has 0 saturated heterocycles. The van der Waals surface area contributed by atoms with Crippen LogP contribution >= 0.6 is 0 Å². The van der Waals surface area contributed by atoms with E-state index >= 15 is 0 Å². The number of carbonyl (C=O) groups is 2. The summed E-state index contributed by atoms with van der Waals surface area (Å²) in [6.07, 6.45) is 5.44. The molecule has 3 amide bonds. The third kappa shape index (κ3) is 4.47. The quantitative estimate of drug-likeness (QED) is 0.905. The van der Waals surface area contributed by atoms with E-state index in [-0.39, 0.29) is 12.6 Å². The highest BCUT2D eigenvalue weighted by Gasteiger charge is 2.17. The Morgan fingerprint density at radius 3 is 2.54 bits per heavy atom. The van der Waals surface area contributed by atoms with Gasteiger partial charge >= 0.3 is 6.03 Å². The first kappa shape index (κ1) is 16.3. The van der Waals surface area contributed by atoms with E-state index in [1.165, 1.54) is 6.42 Å². The molecular formula is C19H22N2O3. The predicted octanol–water partition coefficient (Wildman–Crippen LogP) is 3.38. The Kier molecular flexibility index (Phi) is 5.31. The minimum absolute atomic E-state index is 0.174. The number of carbonyl (C=O) groups excluding carboxylic acids is 2. The minimum Gasteiger partial charge on any atom is -0.484 e. The van der Waals surface area contributed by atoms with Gasteiger partial charge in [-0.15, -0.1) is 0 Å². The van der Waals surface area contributed by atoms with E-state index in [4.69, 9.17) is 4.74 Å². The van der Waals surface area contributed by atoms with Crippen molar-refractivity contribution in [2.24, 2.45) is 0 Å². The van der Waals surface area contributed by atoms with E-state index in [9.17, 15) is 9.59 Å². The highest BCUT2D eigenvalue weighted by atomic mass is 16.5. The minimum atomic E-state index is -0.448. The van der Waals surface area contributed by atoms with Crippen molar-refractivity contribution in [2.45, 2.75) is 38.1 Å². The number of rotatable bonds is 4. The SMILES string of the molecule is O=C(COc1ccc2ccccc2c1)NC(=O)NC1CCCCC1. The Bertz CT molecular complexity index is 723. The van der Waals surface area contributed by atoms with Gasteiger partial charge in [0, 0.05) is 6.04 Å². The molecule has 2 N–H and O–H groups in total. The van der Waals surface area contributed by atoms with Crippen molar-refractivity contribution < 1.29 is 14.3 Å². The summed E-state index contributed by atoms with van der Waals surface area (Å²) >= 11 is 0. The molecule has 1 fully saturated rings. The van der Waals surface area contributed by atoms with Crippen LogP contribution in [0, 0.1) is 0 Å². The normalized spacial score (nSPS) is 15.0. The summed E-state index contributed by atoms with van der Waals surface area (Å²) in [6, 6.07) is 13.3. The number of ether oxygens (including phenoxy) is 1. The molecule has 1 aliphatic rings. The van der Waals surface area contributed by atoms with Crippen molar-refractivity contribution in [3.63, 3.8) is 0 Å². The Hall–Kier alpha value is -2.56. The van der Waals surface area contributed by atoms with Gasteiger partial charge < -0.3 is 10.1 Å². The van der Waals surface area contributed by atoms with Gasteiger partial charge in [0.15, 0.2) is 6.61 Å². The number of hydrogen-bond acceptors (Lipinski definition) is 3. The van der Waals surface area contributed by atoms with E-state index in [0.717, 1.165) is 36.5 Å². The van der Waals surface area contributed by atoms with Gasteiger partial charge in [-0.25, -0.2) is 4.79 Å². The van der Waals surface area contributed by atoms with Crippen LogP contribution in [0.1, 0.15) is 32.1 Å². The van der Waals surface area contributed by atoms with Crippen molar-refractivity contribution >= 4 is 22.7 Å².